The molecule has 0 aliphatic heterocycles. The van der Waals surface area contributed by atoms with E-state index in [0.29, 0.717) is 16.6 Å². The van der Waals surface area contributed by atoms with Crippen LogP contribution in [-0.4, -0.2) is 33.0 Å². The molecule has 4 rings (SSSR count). The van der Waals surface area contributed by atoms with Crippen molar-refractivity contribution in [1.29, 1.82) is 0 Å². The Bertz CT molecular complexity index is 940. The number of amides is 1. The van der Waals surface area contributed by atoms with Crippen LogP contribution in [0.15, 0.2) is 48.8 Å². The fourth-order valence-electron chi connectivity index (χ4n) is 3.25. The van der Waals surface area contributed by atoms with E-state index in [9.17, 15) is 4.79 Å². The fraction of sp³-hybridized carbons (Fsp3) is 0.300. The molecule has 1 N–H and O–H groups in total. The van der Waals surface area contributed by atoms with Gasteiger partial charge in [-0.2, -0.15) is 0 Å². The maximum atomic E-state index is 12.5. The van der Waals surface area contributed by atoms with Crippen molar-refractivity contribution in [2.24, 2.45) is 0 Å². The normalized spacial score (nSPS) is 19.6. The number of nitrogens with zero attached hydrogens (tertiary/aromatic N) is 3. The number of para-hydroxylation sites is 2. The molecule has 0 atom stereocenters. The van der Waals surface area contributed by atoms with Crippen LogP contribution in [0.2, 0.25) is 5.02 Å². The Morgan fingerprint density at radius 1 is 1.00 bits per heavy atom. The maximum absolute atomic E-state index is 12.5. The number of aromatic nitrogens is 3. The molecule has 1 fully saturated rings. The lowest BCUT2D eigenvalue weighted by molar-refractivity contribution is 0.0885. The molecule has 6 nitrogen and oxygen atoms in total. The van der Waals surface area contributed by atoms with Crippen molar-refractivity contribution < 1.29 is 9.53 Å². The van der Waals surface area contributed by atoms with E-state index in [1.54, 1.807) is 18.3 Å². The summed E-state index contributed by atoms with van der Waals surface area (Å²) < 4.78 is 5.89. The van der Waals surface area contributed by atoms with E-state index >= 15 is 0 Å². The van der Waals surface area contributed by atoms with Gasteiger partial charge in [-0.15, -0.1) is 0 Å². The molecular formula is C20H19ClN4O2. The summed E-state index contributed by atoms with van der Waals surface area (Å²) in [5.74, 6) is 0.398. The number of halogens is 1. The standard InChI is InChI=1S/C20H19ClN4O2/c21-13-5-10-19(23-11-13)27-15-8-6-14(7-9-15)24-20(26)18-12-22-16-3-1-2-4-17(16)25-18/h1-5,10-12,14-15H,6-9H2,(H,24,26). The minimum atomic E-state index is -0.183. The molecule has 27 heavy (non-hydrogen) atoms. The third-order valence-corrected chi connectivity index (χ3v) is 4.90. The fourth-order valence-corrected chi connectivity index (χ4v) is 3.37. The molecule has 0 unspecified atom stereocenters. The molecular weight excluding hydrogens is 364 g/mol. The first-order chi connectivity index (χ1) is 13.2. The van der Waals surface area contributed by atoms with E-state index in [1.807, 2.05) is 24.3 Å². The van der Waals surface area contributed by atoms with Gasteiger partial charge in [0.1, 0.15) is 11.8 Å². The average Bonchev–Trinajstić information content (AvgIpc) is 2.71. The summed E-state index contributed by atoms with van der Waals surface area (Å²) in [6.45, 7) is 0. The molecule has 1 aromatic carbocycles. The van der Waals surface area contributed by atoms with Crippen LogP contribution < -0.4 is 10.1 Å². The zero-order valence-corrected chi connectivity index (χ0v) is 15.4. The summed E-state index contributed by atoms with van der Waals surface area (Å²) in [6.07, 6.45) is 6.63. The Morgan fingerprint density at radius 2 is 1.78 bits per heavy atom. The van der Waals surface area contributed by atoms with Gasteiger partial charge in [-0.05, 0) is 43.9 Å². The first-order valence-corrected chi connectivity index (χ1v) is 9.36. The zero-order valence-electron chi connectivity index (χ0n) is 14.6. The van der Waals surface area contributed by atoms with Gasteiger partial charge in [-0.1, -0.05) is 23.7 Å². The van der Waals surface area contributed by atoms with Crippen molar-refractivity contribution in [3.8, 4) is 5.88 Å². The molecule has 0 bridgehead atoms. The van der Waals surface area contributed by atoms with Crippen LogP contribution in [0.3, 0.4) is 0 Å². The number of hydrogen-bond acceptors (Lipinski definition) is 5. The second-order valence-electron chi connectivity index (χ2n) is 6.62. The number of pyridine rings is 1. The highest BCUT2D eigenvalue weighted by molar-refractivity contribution is 6.30. The molecule has 2 heterocycles. The number of carbonyl (C=O) groups excluding carboxylic acids is 1. The second kappa shape index (κ2) is 7.88. The van der Waals surface area contributed by atoms with Crippen LogP contribution in [0.25, 0.3) is 11.0 Å². The van der Waals surface area contributed by atoms with Crippen molar-refractivity contribution in [2.75, 3.05) is 0 Å². The lowest BCUT2D eigenvalue weighted by Gasteiger charge is -2.29. The summed E-state index contributed by atoms with van der Waals surface area (Å²) in [6, 6.07) is 11.2. The van der Waals surface area contributed by atoms with Crippen molar-refractivity contribution in [1.82, 2.24) is 20.3 Å². The number of benzene rings is 1. The van der Waals surface area contributed by atoms with Crippen LogP contribution in [-0.2, 0) is 0 Å². The lowest BCUT2D eigenvalue weighted by atomic mass is 9.93. The van der Waals surface area contributed by atoms with Gasteiger partial charge in [0.2, 0.25) is 5.88 Å². The number of rotatable bonds is 4. The van der Waals surface area contributed by atoms with Crippen LogP contribution in [0.1, 0.15) is 36.2 Å². The highest BCUT2D eigenvalue weighted by Gasteiger charge is 2.24. The zero-order chi connectivity index (χ0) is 18.6. The molecule has 0 spiro atoms. The summed E-state index contributed by atoms with van der Waals surface area (Å²) in [5.41, 5.74) is 1.85. The molecule has 7 heteroatoms. The van der Waals surface area contributed by atoms with E-state index in [-0.39, 0.29) is 18.1 Å². The minimum Gasteiger partial charge on any atom is -0.474 e. The predicted molar refractivity (Wildman–Crippen MR) is 103 cm³/mol. The Kier molecular flexibility index (Phi) is 5.16. The van der Waals surface area contributed by atoms with E-state index in [4.69, 9.17) is 16.3 Å². The SMILES string of the molecule is O=C(NC1CCC(Oc2ccc(Cl)cn2)CC1)c1cnc2ccccc2n1. The molecule has 2 aromatic heterocycles. The predicted octanol–water partition coefficient (Wildman–Crippen LogP) is 3.80. The average molecular weight is 383 g/mol. The Balaban J connectivity index is 1.31. The highest BCUT2D eigenvalue weighted by Crippen LogP contribution is 2.23. The van der Waals surface area contributed by atoms with Crippen LogP contribution >= 0.6 is 11.6 Å². The minimum absolute atomic E-state index is 0.104. The Hall–Kier alpha value is -2.73. The number of nitrogens with one attached hydrogen (secondary N) is 1. The topological polar surface area (TPSA) is 77.0 Å². The molecule has 1 aliphatic rings. The molecule has 0 saturated heterocycles. The number of ether oxygens (including phenoxy) is 1. The largest absolute Gasteiger partial charge is 0.474 e. The second-order valence-corrected chi connectivity index (χ2v) is 7.06. The van der Waals surface area contributed by atoms with Gasteiger partial charge in [-0.3, -0.25) is 9.78 Å². The van der Waals surface area contributed by atoms with Gasteiger partial charge in [-0.25, -0.2) is 9.97 Å². The number of fused-ring (bicyclic) bond motifs is 1. The molecule has 1 saturated carbocycles. The first-order valence-electron chi connectivity index (χ1n) is 8.98. The third-order valence-electron chi connectivity index (χ3n) is 4.68. The van der Waals surface area contributed by atoms with Crippen molar-refractivity contribution in [3.63, 3.8) is 0 Å². The van der Waals surface area contributed by atoms with Crippen molar-refractivity contribution >= 4 is 28.5 Å². The monoisotopic (exact) mass is 382 g/mol. The number of carbonyl (C=O) groups is 1. The molecule has 138 valence electrons. The van der Waals surface area contributed by atoms with Gasteiger partial charge in [0, 0.05) is 18.3 Å². The van der Waals surface area contributed by atoms with E-state index < -0.39 is 0 Å². The van der Waals surface area contributed by atoms with Crippen LogP contribution in [0.5, 0.6) is 5.88 Å². The quantitative estimate of drug-likeness (QED) is 0.742. The van der Waals surface area contributed by atoms with E-state index in [1.165, 1.54) is 6.20 Å². The summed E-state index contributed by atoms with van der Waals surface area (Å²) >= 11 is 5.84. The molecule has 1 amide bonds. The third kappa shape index (κ3) is 4.34. The van der Waals surface area contributed by atoms with Gasteiger partial charge in [0.15, 0.2) is 0 Å². The van der Waals surface area contributed by atoms with Gasteiger partial charge in [0.25, 0.3) is 5.91 Å². The van der Waals surface area contributed by atoms with Gasteiger partial charge in [0.05, 0.1) is 22.3 Å². The first kappa shape index (κ1) is 17.7. The van der Waals surface area contributed by atoms with Crippen molar-refractivity contribution in [2.45, 2.75) is 37.8 Å². The van der Waals surface area contributed by atoms with Crippen LogP contribution in [0, 0.1) is 0 Å². The highest BCUT2D eigenvalue weighted by atomic mass is 35.5. The number of hydrogen-bond donors (Lipinski definition) is 1. The lowest BCUT2D eigenvalue weighted by Crippen LogP contribution is -2.40. The van der Waals surface area contributed by atoms with Gasteiger partial charge >= 0.3 is 0 Å². The Labute approximate surface area is 162 Å². The van der Waals surface area contributed by atoms with Crippen molar-refractivity contribution in [3.05, 3.63) is 59.5 Å². The molecule has 0 radical (unpaired) electrons. The molecule has 1 aliphatic carbocycles. The van der Waals surface area contributed by atoms with E-state index in [0.717, 1.165) is 36.7 Å². The smallest absolute Gasteiger partial charge is 0.271 e. The Morgan fingerprint density at radius 3 is 2.52 bits per heavy atom. The van der Waals surface area contributed by atoms with Gasteiger partial charge < -0.3 is 10.1 Å². The summed E-state index contributed by atoms with van der Waals surface area (Å²) in [7, 11) is 0. The van der Waals surface area contributed by atoms with Crippen LogP contribution in [0.4, 0.5) is 0 Å². The van der Waals surface area contributed by atoms with E-state index in [2.05, 4.69) is 20.3 Å². The maximum Gasteiger partial charge on any atom is 0.271 e. The molecule has 3 aromatic rings. The summed E-state index contributed by atoms with van der Waals surface area (Å²) in [4.78, 5) is 25.4. The summed E-state index contributed by atoms with van der Waals surface area (Å²) in [5, 5.41) is 3.65.